The molecular weight excluding hydrogens is 285 g/mol. The Morgan fingerprint density at radius 2 is 1.89 bits per heavy atom. The van der Waals surface area contributed by atoms with Crippen LogP contribution in [0.25, 0.3) is 0 Å². The number of thiophene rings is 1. The average molecular weight is 300 g/mol. The van der Waals surface area contributed by atoms with E-state index in [4.69, 9.17) is 23.2 Å². The smallest absolute Gasteiger partial charge is 0.0643 e. The van der Waals surface area contributed by atoms with Crippen molar-refractivity contribution in [3.05, 3.63) is 55.2 Å². The van der Waals surface area contributed by atoms with Gasteiger partial charge in [0.1, 0.15) is 0 Å². The molecule has 1 atom stereocenters. The van der Waals surface area contributed by atoms with Gasteiger partial charge in [-0.05, 0) is 44.2 Å². The van der Waals surface area contributed by atoms with Crippen molar-refractivity contribution in [2.24, 2.45) is 0 Å². The number of hydrogen-bond donors (Lipinski definition) is 1. The molecule has 0 saturated carbocycles. The standard InChI is InChI=1S/C14H15Cl2NS/c1-8-7-11(9(2)18-8)14(17-3)10-5-4-6-12(15)13(10)16/h4-7,14,17H,1-3H3. The Labute approximate surface area is 122 Å². The molecule has 0 bridgehead atoms. The van der Waals surface area contributed by atoms with E-state index in [1.54, 1.807) is 11.3 Å². The molecule has 0 amide bonds. The molecule has 0 aliphatic carbocycles. The molecule has 96 valence electrons. The molecule has 0 radical (unpaired) electrons. The van der Waals surface area contributed by atoms with Gasteiger partial charge in [0.25, 0.3) is 0 Å². The minimum atomic E-state index is 0.0844. The highest BCUT2D eigenvalue weighted by molar-refractivity contribution is 7.12. The van der Waals surface area contributed by atoms with Gasteiger partial charge in [-0.1, -0.05) is 35.3 Å². The van der Waals surface area contributed by atoms with Crippen LogP contribution in [-0.2, 0) is 0 Å². The predicted octanol–water partition coefficient (Wildman–Crippen LogP) is 4.98. The molecule has 0 spiro atoms. The van der Waals surface area contributed by atoms with Gasteiger partial charge in [0, 0.05) is 9.75 Å². The minimum Gasteiger partial charge on any atom is -0.309 e. The van der Waals surface area contributed by atoms with Crippen LogP contribution in [0.2, 0.25) is 10.0 Å². The van der Waals surface area contributed by atoms with Gasteiger partial charge in [-0.2, -0.15) is 0 Å². The number of benzene rings is 1. The predicted molar refractivity (Wildman–Crippen MR) is 81.2 cm³/mol. The van der Waals surface area contributed by atoms with Gasteiger partial charge in [0.2, 0.25) is 0 Å². The van der Waals surface area contributed by atoms with Crippen LogP contribution in [0.15, 0.2) is 24.3 Å². The second kappa shape index (κ2) is 5.62. The van der Waals surface area contributed by atoms with Crippen molar-refractivity contribution in [2.45, 2.75) is 19.9 Å². The summed E-state index contributed by atoms with van der Waals surface area (Å²) in [5, 5.41) is 4.54. The summed E-state index contributed by atoms with van der Waals surface area (Å²) in [6.07, 6.45) is 0. The topological polar surface area (TPSA) is 12.0 Å². The maximum atomic E-state index is 6.31. The number of rotatable bonds is 3. The molecule has 1 N–H and O–H groups in total. The molecule has 0 saturated heterocycles. The summed E-state index contributed by atoms with van der Waals surface area (Å²) >= 11 is 14.2. The largest absolute Gasteiger partial charge is 0.309 e. The third-order valence-corrected chi connectivity index (χ3v) is 4.79. The first-order valence-electron chi connectivity index (χ1n) is 5.72. The van der Waals surface area contributed by atoms with Gasteiger partial charge in [-0.3, -0.25) is 0 Å². The lowest BCUT2D eigenvalue weighted by atomic mass is 9.99. The van der Waals surface area contributed by atoms with Gasteiger partial charge in [0.15, 0.2) is 0 Å². The molecule has 0 aliphatic rings. The van der Waals surface area contributed by atoms with E-state index in [2.05, 4.69) is 25.2 Å². The SMILES string of the molecule is CNC(c1cc(C)sc1C)c1cccc(Cl)c1Cl. The molecule has 1 heterocycles. The van der Waals surface area contributed by atoms with E-state index in [0.29, 0.717) is 10.0 Å². The van der Waals surface area contributed by atoms with Crippen molar-refractivity contribution in [1.29, 1.82) is 0 Å². The third kappa shape index (κ3) is 2.57. The van der Waals surface area contributed by atoms with E-state index in [1.165, 1.54) is 15.3 Å². The number of nitrogens with one attached hydrogen (secondary N) is 1. The van der Waals surface area contributed by atoms with Crippen LogP contribution >= 0.6 is 34.5 Å². The molecule has 0 aliphatic heterocycles. The zero-order valence-corrected chi connectivity index (χ0v) is 12.9. The highest BCUT2D eigenvalue weighted by atomic mass is 35.5. The first-order valence-corrected chi connectivity index (χ1v) is 7.30. The van der Waals surface area contributed by atoms with Gasteiger partial charge in [0.05, 0.1) is 16.1 Å². The first kappa shape index (κ1) is 13.9. The van der Waals surface area contributed by atoms with Gasteiger partial charge < -0.3 is 5.32 Å². The second-order valence-corrected chi connectivity index (χ2v) is 6.48. The maximum Gasteiger partial charge on any atom is 0.0643 e. The minimum absolute atomic E-state index is 0.0844. The summed E-state index contributed by atoms with van der Waals surface area (Å²) in [7, 11) is 1.94. The first-order chi connectivity index (χ1) is 8.54. The zero-order chi connectivity index (χ0) is 13.3. The molecule has 18 heavy (non-hydrogen) atoms. The fourth-order valence-electron chi connectivity index (χ4n) is 2.16. The van der Waals surface area contributed by atoms with E-state index >= 15 is 0 Å². The van der Waals surface area contributed by atoms with Crippen LogP contribution in [0.3, 0.4) is 0 Å². The molecule has 1 aromatic carbocycles. The zero-order valence-electron chi connectivity index (χ0n) is 10.6. The van der Waals surface area contributed by atoms with E-state index in [0.717, 1.165) is 5.56 Å². The fourth-order valence-corrected chi connectivity index (χ4v) is 3.54. The van der Waals surface area contributed by atoms with Crippen LogP contribution in [0.4, 0.5) is 0 Å². The normalized spacial score (nSPS) is 12.7. The molecule has 0 fully saturated rings. The molecule has 1 aromatic heterocycles. The van der Waals surface area contributed by atoms with Crippen molar-refractivity contribution in [1.82, 2.24) is 5.32 Å². The van der Waals surface area contributed by atoms with E-state index < -0.39 is 0 Å². The Balaban J connectivity index is 2.52. The number of halogens is 2. The van der Waals surface area contributed by atoms with E-state index in [-0.39, 0.29) is 6.04 Å². The lowest BCUT2D eigenvalue weighted by Crippen LogP contribution is -2.18. The quantitative estimate of drug-likeness (QED) is 0.843. The van der Waals surface area contributed by atoms with Crippen LogP contribution in [-0.4, -0.2) is 7.05 Å². The molecular formula is C14H15Cl2NS. The van der Waals surface area contributed by atoms with Crippen molar-refractivity contribution in [3.63, 3.8) is 0 Å². The van der Waals surface area contributed by atoms with E-state index in [9.17, 15) is 0 Å². The number of aryl methyl sites for hydroxylation is 2. The Morgan fingerprint density at radius 3 is 2.44 bits per heavy atom. The van der Waals surface area contributed by atoms with Crippen molar-refractivity contribution in [3.8, 4) is 0 Å². The van der Waals surface area contributed by atoms with Crippen LogP contribution in [0.1, 0.15) is 26.9 Å². The van der Waals surface area contributed by atoms with Crippen molar-refractivity contribution >= 4 is 34.5 Å². The summed E-state index contributed by atoms with van der Waals surface area (Å²) < 4.78 is 0. The third-order valence-electron chi connectivity index (χ3n) is 2.97. The van der Waals surface area contributed by atoms with Crippen LogP contribution in [0, 0.1) is 13.8 Å². The highest BCUT2D eigenvalue weighted by Crippen LogP contribution is 2.36. The molecule has 1 unspecified atom stereocenters. The Bertz CT molecular complexity index is 563. The fraction of sp³-hybridized carbons (Fsp3) is 0.286. The molecule has 4 heteroatoms. The van der Waals surface area contributed by atoms with Crippen LogP contribution < -0.4 is 5.32 Å². The summed E-state index contributed by atoms with van der Waals surface area (Å²) in [5.41, 5.74) is 2.29. The summed E-state index contributed by atoms with van der Waals surface area (Å²) in [6.45, 7) is 4.25. The number of hydrogen-bond acceptors (Lipinski definition) is 2. The lowest BCUT2D eigenvalue weighted by Gasteiger charge is -2.18. The second-order valence-electron chi connectivity index (χ2n) is 4.23. The van der Waals surface area contributed by atoms with Gasteiger partial charge >= 0.3 is 0 Å². The monoisotopic (exact) mass is 299 g/mol. The lowest BCUT2D eigenvalue weighted by molar-refractivity contribution is 0.691. The van der Waals surface area contributed by atoms with Crippen LogP contribution in [0.5, 0.6) is 0 Å². The van der Waals surface area contributed by atoms with E-state index in [1.807, 2.05) is 25.2 Å². The van der Waals surface area contributed by atoms with Crippen molar-refractivity contribution < 1.29 is 0 Å². The summed E-state index contributed by atoms with van der Waals surface area (Å²) in [6, 6.07) is 8.05. The Morgan fingerprint density at radius 1 is 1.17 bits per heavy atom. The maximum absolute atomic E-state index is 6.31. The van der Waals surface area contributed by atoms with Gasteiger partial charge in [-0.25, -0.2) is 0 Å². The molecule has 1 nitrogen and oxygen atoms in total. The summed E-state index contributed by atoms with van der Waals surface area (Å²) in [5.74, 6) is 0. The summed E-state index contributed by atoms with van der Waals surface area (Å²) in [4.78, 5) is 2.61. The Hall–Kier alpha value is -0.540. The highest BCUT2D eigenvalue weighted by Gasteiger charge is 2.19. The Kier molecular flexibility index (Phi) is 4.33. The van der Waals surface area contributed by atoms with Crippen molar-refractivity contribution in [2.75, 3.05) is 7.05 Å². The molecule has 2 rings (SSSR count). The molecule has 2 aromatic rings. The van der Waals surface area contributed by atoms with Gasteiger partial charge in [-0.15, -0.1) is 11.3 Å². The average Bonchev–Trinajstić information content (AvgIpc) is 2.65.